The number of phenolic OH excluding ortho intramolecular Hbond substituents is 1. The lowest BCUT2D eigenvalue weighted by Gasteiger charge is -2.17. The summed E-state index contributed by atoms with van der Waals surface area (Å²) in [5.74, 6) is 1.72. The molecule has 3 aromatic carbocycles. The van der Waals surface area contributed by atoms with Gasteiger partial charge >= 0.3 is 6.09 Å². The number of nitrogens with zero attached hydrogens (tertiary/aromatic N) is 2. The molecule has 1 aromatic heterocycles. The van der Waals surface area contributed by atoms with Crippen molar-refractivity contribution in [3.05, 3.63) is 95.9 Å². The molecule has 0 saturated carbocycles. The lowest BCUT2D eigenvalue weighted by atomic mass is 9.90. The smallest absolute Gasteiger partial charge is 0.415 e. The maximum Gasteiger partial charge on any atom is 0.415 e. The highest BCUT2D eigenvalue weighted by Crippen LogP contribution is 2.34. The van der Waals surface area contributed by atoms with Crippen LogP contribution in [-0.4, -0.2) is 40.5 Å². The zero-order chi connectivity index (χ0) is 25.8. The van der Waals surface area contributed by atoms with Crippen molar-refractivity contribution in [1.29, 1.82) is 0 Å². The average Bonchev–Trinajstić information content (AvgIpc) is 3.53. The highest BCUT2D eigenvalue weighted by molar-refractivity contribution is 5.73. The minimum atomic E-state index is -0.539. The minimum Gasteiger partial charge on any atom is -0.508 e. The molecule has 1 amide bonds. The molecule has 1 aliphatic rings. The molecule has 0 radical (unpaired) electrons. The van der Waals surface area contributed by atoms with Gasteiger partial charge in [-0.2, -0.15) is 0 Å². The monoisotopic (exact) mass is 498 g/mol. The van der Waals surface area contributed by atoms with Crippen LogP contribution >= 0.6 is 0 Å². The number of likely N-dealkylation sites (tertiary alicyclic amines) is 1. The van der Waals surface area contributed by atoms with Crippen LogP contribution in [-0.2, 0) is 11.4 Å². The number of aldehydes is 1. The molecule has 188 valence electrons. The van der Waals surface area contributed by atoms with Crippen LogP contribution in [0, 0.1) is 12.8 Å². The Morgan fingerprint density at radius 2 is 1.84 bits per heavy atom. The highest BCUT2D eigenvalue weighted by Gasteiger charge is 2.37. The standard InChI is InChI=1S/C29H26N2O6/c1-19-27(30-28(36-19)20-6-3-2-4-7-20)18-35-25-9-5-8-21(14-25)26-16-31(15-22(26)17-32)29(34)37-24-12-10-23(33)11-13-24/h2-14,17,22,26,33H,15-16,18H2,1H3/t22?,26-/m0/s1. The van der Waals surface area contributed by atoms with Crippen molar-refractivity contribution in [3.8, 4) is 28.7 Å². The Kier molecular flexibility index (Phi) is 6.89. The number of hydrogen-bond acceptors (Lipinski definition) is 7. The normalized spacial score (nSPS) is 16.9. The number of aryl methyl sites for hydroxylation is 1. The molecule has 1 unspecified atom stereocenters. The Morgan fingerprint density at radius 3 is 2.59 bits per heavy atom. The SMILES string of the molecule is Cc1oc(-c2ccccc2)nc1COc1cccc([C@@H]2CN(C(=O)Oc3ccc(O)cc3)CC2C=O)c1. The first-order valence-corrected chi connectivity index (χ1v) is 12.0. The molecule has 1 fully saturated rings. The topological polar surface area (TPSA) is 102 Å². The van der Waals surface area contributed by atoms with Gasteiger partial charge in [-0.25, -0.2) is 9.78 Å². The molecule has 0 spiro atoms. The first-order valence-electron chi connectivity index (χ1n) is 12.0. The molecule has 2 heterocycles. The number of hydrogen-bond donors (Lipinski definition) is 1. The molecule has 1 N–H and O–H groups in total. The summed E-state index contributed by atoms with van der Waals surface area (Å²) >= 11 is 0. The van der Waals surface area contributed by atoms with E-state index in [1.807, 2.05) is 61.5 Å². The molecule has 1 aliphatic heterocycles. The zero-order valence-electron chi connectivity index (χ0n) is 20.2. The maximum absolute atomic E-state index is 12.7. The van der Waals surface area contributed by atoms with E-state index in [0.717, 1.165) is 17.4 Å². The lowest BCUT2D eigenvalue weighted by Crippen LogP contribution is -2.31. The number of benzene rings is 3. The van der Waals surface area contributed by atoms with Gasteiger partial charge in [0.1, 0.15) is 41.6 Å². The average molecular weight is 499 g/mol. The summed E-state index contributed by atoms with van der Waals surface area (Å²) in [6.45, 7) is 2.69. The van der Waals surface area contributed by atoms with Gasteiger partial charge in [-0.15, -0.1) is 0 Å². The van der Waals surface area contributed by atoms with Crippen LogP contribution in [0.25, 0.3) is 11.5 Å². The zero-order valence-corrected chi connectivity index (χ0v) is 20.2. The van der Waals surface area contributed by atoms with Crippen molar-refractivity contribution < 1.29 is 28.6 Å². The van der Waals surface area contributed by atoms with Gasteiger partial charge in [0.05, 0.1) is 0 Å². The van der Waals surface area contributed by atoms with Gasteiger partial charge in [0.2, 0.25) is 5.89 Å². The predicted molar refractivity (Wildman–Crippen MR) is 135 cm³/mol. The van der Waals surface area contributed by atoms with Crippen LogP contribution in [0.1, 0.15) is 22.9 Å². The number of aromatic nitrogens is 1. The quantitative estimate of drug-likeness (QED) is 0.343. The van der Waals surface area contributed by atoms with E-state index in [9.17, 15) is 14.7 Å². The number of carbonyl (C=O) groups excluding carboxylic acids is 2. The third kappa shape index (κ3) is 5.48. The van der Waals surface area contributed by atoms with Gasteiger partial charge in [-0.3, -0.25) is 0 Å². The Labute approximate surface area is 214 Å². The van der Waals surface area contributed by atoms with Crippen molar-refractivity contribution in [2.45, 2.75) is 19.4 Å². The Morgan fingerprint density at radius 1 is 1.05 bits per heavy atom. The van der Waals surface area contributed by atoms with Gasteiger partial charge in [-0.1, -0.05) is 30.3 Å². The molecular weight excluding hydrogens is 472 g/mol. The maximum atomic E-state index is 12.7. The third-order valence-electron chi connectivity index (χ3n) is 6.42. The second-order valence-electron chi connectivity index (χ2n) is 8.92. The summed E-state index contributed by atoms with van der Waals surface area (Å²) in [5.41, 5.74) is 2.50. The Balaban J connectivity index is 1.25. The van der Waals surface area contributed by atoms with Crippen LogP contribution < -0.4 is 9.47 Å². The predicted octanol–water partition coefficient (Wildman–Crippen LogP) is 5.35. The first kappa shape index (κ1) is 24.1. The fourth-order valence-electron chi connectivity index (χ4n) is 4.40. The molecule has 1 saturated heterocycles. The van der Waals surface area contributed by atoms with E-state index in [4.69, 9.17) is 13.9 Å². The number of phenols is 1. The van der Waals surface area contributed by atoms with Crippen LogP contribution in [0.5, 0.6) is 17.2 Å². The van der Waals surface area contributed by atoms with E-state index in [0.29, 0.717) is 35.4 Å². The Bertz CT molecular complexity index is 1380. The second kappa shape index (κ2) is 10.6. The van der Waals surface area contributed by atoms with Gasteiger partial charge in [0, 0.05) is 30.5 Å². The van der Waals surface area contributed by atoms with Gasteiger partial charge in [0.25, 0.3) is 0 Å². The molecule has 2 atom stereocenters. The Hall–Kier alpha value is -4.59. The molecule has 8 heteroatoms. The van der Waals surface area contributed by atoms with Gasteiger partial charge in [-0.05, 0) is 61.0 Å². The number of oxazole rings is 1. The molecule has 0 aliphatic carbocycles. The number of aromatic hydroxyl groups is 1. The van der Waals surface area contributed by atoms with Crippen molar-refractivity contribution >= 4 is 12.4 Å². The van der Waals surface area contributed by atoms with Crippen LogP contribution in [0.3, 0.4) is 0 Å². The van der Waals surface area contributed by atoms with Crippen molar-refractivity contribution in [1.82, 2.24) is 9.88 Å². The van der Waals surface area contributed by atoms with E-state index in [1.54, 1.807) is 0 Å². The van der Waals surface area contributed by atoms with E-state index in [1.165, 1.54) is 29.2 Å². The summed E-state index contributed by atoms with van der Waals surface area (Å²) in [6.07, 6.45) is 0.346. The molecule has 37 heavy (non-hydrogen) atoms. The van der Waals surface area contributed by atoms with Crippen molar-refractivity contribution in [3.63, 3.8) is 0 Å². The highest BCUT2D eigenvalue weighted by atomic mass is 16.6. The fraction of sp³-hybridized carbons (Fsp3) is 0.207. The molecule has 0 bridgehead atoms. The number of ether oxygens (including phenoxy) is 2. The number of rotatable bonds is 7. The first-order chi connectivity index (χ1) is 18.0. The van der Waals surface area contributed by atoms with Crippen LogP contribution in [0.2, 0.25) is 0 Å². The van der Waals surface area contributed by atoms with Crippen molar-refractivity contribution in [2.75, 3.05) is 13.1 Å². The molecule has 4 aromatic rings. The summed E-state index contributed by atoms with van der Waals surface area (Å²) in [7, 11) is 0. The molecule has 8 nitrogen and oxygen atoms in total. The third-order valence-corrected chi connectivity index (χ3v) is 6.42. The fourth-order valence-corrected chi connectivity index (χ4v) is 4.40. The van der Waals surface area contributed by atoms with E-state index >= 15 is 0 Å². The number of carbonyl (C=O) groups is 2. The molecular formula is C29H26N2O6. The molecule has 5 rings (SSSR count). The van der Waals surface area contributed by atoms with E-state index in [2.05, 4.69) is 4.98 Å². The van der Waals surface area contributed by atoms with Crippen LogP contribution in [0.4, 0.5) is 4.79 Å². The summed E-state index contributed by atoms with van der Waals surface area (Å²) < 4.78 is 17.2. The van der Waals surface area contributed by atoms with Gasteiger partial charge < -0.3 is 28.7 Å². The summed E-state index contributed by atoms with van der Waals surface area (Å²) in [6, 6.07) is 23.1. The lowest BCUT2D eigenvalue weighted by molar-refractivity contribution is -0.111. The van der Waals surface area contributed by atoms with E-state index in [-0.39, 0.29) is 30.7 Å². The minimum absolute atomic E-state index is 0.0829. The largest absolute Gasteiger partial charge is 0.508 e. The van der Waals surface area contributed by atoms with Crippen LogP contribution in [0.15, 0.2) is 83.3 Å². The van der Waals surface area contributed by atoms with E-state index < -0.39 is 6.09 Å². The van der Waals surface area contributed by atoms with Crippen molar-refractivity contribution in [2.24, 2.45) is 5.92 Å². The summed E-state index contributed by atoms with van der Waals surface area (Å²) in [5, 5.41) is 9.41. The van der Waals surface area contributed by atoms with Gasteiger partial charge in [0.15, 0.2) is 0 Å². The second-order valence-corrected chi connectivity index (χ2v) is 8.92. The summed E-state index contributed by atoms with van der Waals surface area (Å²) in [4.78, 5) is 30.6. The number of amides is 1.